The Labute approximate surface area is 90.0 Å². The van der Waals surface area contributed by atoms with Crippen molar-refractivity contribution >= 4 is 0 Å². The molecule has 2 heteroatoms. The molecule has 0 aliphatic carbocycles. The monoisotopic (exact) mass is 198 g/mol. The highest BCUT2D eigenvalue weighted by atomic mass is 14.6. The zero-order valence-corrected chi connectivity index (χ0v) is 8.63. The lowest BCUT2D eigenvalue weighted by atomic mass is 10.1. The van der Waals surface area contributed by atoms with Crippen LogP contribution in [0.2, 0.25) is 0 Å². The SMILES string of the molecule is c1cncc(CCCc2cccnc2)c1. The first kappa shape index (κ1) is 9.84. The van der Waals surface area contributed by atoms with E-state index >= 15 is 0 Å². The molecule has 2 rings (SSSR count). The molecule has 2 aromatic heterocycles. The predicted octanol–water partition coefficient (Wildman–Crippen LogP) is 2.65. The molecular weight excluding hydrogens is 184 g/mol. The van der Waals surface area contributed by atoms with Gasteiger partial charge in [0.05, 0.1) is 0 Å². The largest absolute Gasteiger partial charge is 0.264 e. The third kappa shape index (κ3) is 3.17. The maximum Gasteiger partial charge on any atom is 0.0299 e. The predicted molar refractivity (Wildman–Crippen MR) is 60.5 cm³/mol. The summed E-state index contributed by atoms with van der Waals surface area (Å²) in [5.74, 6) is 0. The van der Waals surface area contributed by atoms with Gasteiger partial charge in [0.1, 0.15) is 0 Å². The molecule has 0 fully saturated rings. The number of hydrogen-bond acceptors (Lipinski definition) is 2. The molecule has 0 amide bonds. The summed E-state index contributed by atoms with van der Waals surface area (Å²) in [7, 11) is 0. The molecule has 0 saturated heterocycles. The van der Waals surface area contributed by atoms with E-state index < -0.39 is 0 Å². The van der Waals surface area contributed by atoms with Crippen LogP contribution in [0, 0.1) is 0 Å². The van der Waals surface area contributed by atoms with E-state index in [0.717, 1.165) is 19.3 Å². The number of aromatic nitrogens is 2. The summed E-state index contributed by atoms with van der Waals surface area (Å²) in [6.07, 6.45) is 10.8. The van der Waals surface area contributed by atoms with Crippen molar-refractivity contribution in [3.63, 3.8) is 0 Å². The molecule has 2 nitrogen and oxygen atoms in total. The Morgan fingerprint density at radius 3 is 1.73 bits per heavy atom. The number of pyridine rings is 2. The van der Waals surface area contributed by atoms with Crippen molar-refractivity contribution in [2.75, 3.05) is 0 Å². The zero-order valence-electron chi connectivity index (χ0n) is 8.63. The lowest BCUT2D eigenvalue weighted by Crippen LogP contribution is -1.90. The minimum Gasteiger partial charge on any atom is -0.264 e. The van der Waals surface area contributed by atoms with E-state index in [2.05, 4.69) is 22.1 Å². The molecule has 0 aromatic carbocycles. The van der Waals surface area contributed by atoms with Crippen molar-refractivity contribution in [1.29, 1.82) is 0 Å². The van der Waals surface area contributed by atoms with Crippen LogP contribution in [-0.4, -0.2) is 9.97 Å². The fourth-order valence-corrected chi connectivity index (χ4v) is 1.59. The molecule has 0 N–H and O–H groups in total. The molecule has 0 saturated carbocycles. The van der Waals surface area contributed by atoms with Gasteiger partial charge in [0.25, 0.3) is 0 Å². The second-order valence-corrected chi connectivity index (χ2v) is 3.58. The van der Waals surface area contributed by atoms with Gasteiger partial charge in [0, 0.05) is 24.8 Å². The molecule has 15 heavy (non-hydrogen) atoms. The van der Waals surface area contributed by atoms with Crippen LogP contribution >= 0.6 is 0 Å². The van der Waals surface area contributed by atoms with Crippen molar-refractivity contribution in [3.8, 4) is 0 Å². The van der Waals surface area contributed by atoms with E-state index in [1.807, 2.05) is 36.9 Å². The van der Waals surface area contributed by atoms with Gasteiger partial charge in [-0.05, 0) is 42.5 Å². The zero-order chi connectivity index (χ0) is 10.3. The fraction of sp³-hybridized carbons (Fsp3) is 0.231. The number of aryl methyl sites for hydroxylation is 2. The summed E-state index contributed by atoms with van der Waals surface area (Å²) in [4.78, 5) is 8.20. The van der Waals surface area contributed by atoms with E-state index in [4.69, 9.17) is 0 Å². The van der Waals surface area contributed by atoms with Crippen molar-refractivity contribution in [2.45, 2.75) is 19.3 Å². The van der Waals surface area contributed by atoms with Gasteiger partial charge in [-0.3, -0.25) is 9.97 Å². The smallest absolute Gasteiger partial charge is 0.0299 e. The van der Waals surface area contributed by atoms with Gasteiger partial charge >= 0.3 is 0 Å². The van der Waals surface area contributed by atoms with Crippen LogP contribution in [0.1, 0.15) is 17.5 Å². The average molecular weight is 198 g/mol. The Morgan fingerprint density at radius 2 is 1.33 bits per heavy atom. The Kier molecular flexibility index (Phi) is 3.44. The van der Waals surface area contributed by atoms with Crippen LogP contribution < -0.4 is 0 Å². The Hall–Kier alpha value is -1.70. The highest BCUT2D eigenvalue weighted by Gasteiger charge is 1.94. The summed E-state index contributed by atoms with van der Waals surface area (Å²) in [6, 6.07) is 8.21. The minimum atomic E-state index is 1.09. The first-order chi connectivity index (χ1) is 7.45. The van der Waals surface area contributed by atoms with Crippen LogP contribution in [0.25, 0.3) is 0 Å². The lowest BCUT2D eigenvalue weighted by molar-refractivity contribution is 0.813. The van der Waals surface area contributed by atoms with Gasteiger partial charge < -0.3 is 0 Å². The van der Waals surface area contributed by atoms with Gasteiger partial charge in [-0.2, -0.15) is 0 Å². The molecule has 0 aliphatic rings. The molecule has 76 valence electrons. The van der Waals surface area contributed by atoms with Gasteiger partial charge in [0.15, 0.2) is 0 Å². The maximum atomic E-state index is 4.10. The summed E-state index contributed by atoms with van der Waals surface area (Å²) >= 11 is 0. The van der Waals surface area contributed by atoms with Crippen LogP contribution in [0.3, 0.4) is 0 Å². The molecule has 0 unspecified atom stereocenters. The minimum absolute atomic E-state index is 1.09. The molecule has 2 heterocycles. The topological polar surface area (TPSA) is 25.8 Å². The van der Waals surface area contributed by atoms with E-state index in [1.165, 1.54) is 11.1 Å². The van der Waals surface area contributed by atoms with E-state index in [-0.39, 0.29) is 0 Å². The summed E-state index contributed by atoms with van der Waals surface area (Å²) in [5.41, 5.74) is 2.61. The summed E-state index contributed by atoms with van der Waals surface area (Å²) < 4.78 is 0. The average Bonchev–Trinajstić information content (AvgIpc) is 2.32. The van der Waals surface area contributed by atoms with Crippen LogP contribution in [0.15, 0.2) is 49.1 Å². The molecule has 0 atom stereocenters. The third-order valence-electron chi connectivity index (χ3n) is 2.38. The summed E-state index contributed by atoms with van der Waals surface area (Å²) in [5, 5.41) is 0. The van der Waals surface area contributed by atoms with Gasteiger partial charge in [-0.15, -0.1) is 0 Å². The Morgan fingerprint density at radius 1 is 0.800 bits per heavy atom. The first-order valence-corrected chi connectivity index (χ1v) is 5.23. The van der Waals surface area contributed by atoms with Crippen molar-refractivity contribution < 1.29 is 0 Å². The Bertz CT molecular complexity index is 344. The van der Waals surface area contributed by atoms with E-state index in [1.54, 1.807) is 0 Å². The van der Waals surface area contributed by atoms with Crippen LogP contribution in [0.5, 0.6) is 0 Å². The van der Waals surface area contributed by atoms with Crippen molar-refractivity contribution in [2.24, 2.45) is 0 Å². The molecule has 0 aliphatic heterocycles. The Balaban J connectivity index is 1.81. The second kappa shape index (κ2) is 5.25. The normalized spacial score (nSPS) is 10.1. The standard InChI is InChI=1S/C13H14N2/c1(4-12-6-2-8-14-10-12)5-13-7-3-9-15-11-13/h2-3,6-11H,1,4-5H2. The number of hydrogen-bond donors (Lipinski definition) is 0. The number of rotatable bonds is 4. The van der Waals surface area contributed by atoms with Crippen molar-refractivity contribution in [1.82, 2.24) is 9.97 Å². The van der Waals surface area contributed by atoms with E-state index in [9.17, 15) is 0 Å². The highest BCUT2D eigenvalue weighted by Crippen LogP contribution is 2.05. The second-order valence-electron chi connectivity index (χ2n) is 3.58. The lowest BCUT2D eigenvalue weighted by Gasteiger charge is -2.00. The first-order valence-electron chi connectivity index (χ1n) is 5.23. The molecule has 0 spiro atoms. The fourth-order valence-electron chi connectivity index (χ4n) is 1.59. The van der Waals surface area contributed by atoms with Gasteiger partial charge in [0.2, 0.25) is 0 Å². The van der Waals surface area contributed by atoms with Gasteiger partial charge in [-0.1, -0.05) is 12.1 Å². The van der Waals surface area contributed by atoms with E-state index in [0.29, 0.717) is 0 Å². The highest BCUT2D eigenvalue weighted by molar-refractivity contribution is 5.11. The van der Waals surface area contributed by atoms with Gasteiger partial charge in [-0.25, -0.2) is 0 Å². The van der Waals surface area contributed by atoms with Crippen LogP contribution in [0.4, 0.5) is 0 Å². The van der Waals surface area contributed by atoms with Crippen molar-refractivity contribution in [3.05, 3.63) is 60.2 Å². The van der Waals surface area contributed by atoms with Crippen LogP contribution in [-0.2, 0) is 12.8 Å². The molecule has 2 aromatic rings. The molecular formula is C13H14N2. The quantitative estimate of drug-likeness (QED) is 0.754. The number of nitrogens with zero attached hydrogens (tertiary/aromatic N) is 2. The third-order valence-corrected chi connectivity index (χ3v) is 2.38. The molecule has 0 bridgehead atoms. The molecule has 0 radical (unpaired) electrons. The summed E-state index contributed by atoms with van der Waals surface area (Å²) in [6.45, 7) is 0. The maximum absolute atomic E-state index is 4.10.